The third kappa shape index (κ3) is 5.17. The summed E-state index contributed by atoms with van der Waals surface area (Å²) in [5, 5.41) is 11.3. The number of aryl methyl sites for hydroxylation is 1. The molecule has 0 atom stereocenters. The normalized spacial score (nSPS) is 10.5. The van der Waals surface area contributed by atoms with Crippen LogP contribution in [0.5, 0.6) is 11.5 Å². The smallest absolute Gasteiger partial charge is 0.234 e. The average Bonchev–Trinajstić information content (AvgIpc) is 3.04. The van der Waals surface area contributed by atoms with Crippen LogP contribution in [0.2, 0.25) is 0 Å². The summed E-state index contributed by atoms with van der Waals surface area (Å²) in [5.41, 5.74) is 1.83. The second-order valence-corrected chi connectivity index (χ2v) is 6.89. The summed E-state index contributed by atoms with van der Waals surface area (Å²) in [5.74, 6) is 7.82. The van der Waals surface area contributed by atoms with Crippen molar-refractivity contribution in [2.75, 3.05) is 24.0 Å². The molecule has 0 fully saturated rings. The van der Waals surface area contributed by atoms with Crippen LogP contribution in [0.1, 0.15) is 11.4 Å². The highest BCUT2D eigenvalue weighted by Crippen LogP contribution is 2.21. The molecule has 0 aliphatic carbocycles. The van der Waals surface area contributed by atoms with Crippen LogP contribution in [0, 0.1) is 6.92 Å². The predicted octanol–water partition coefficient (Wildman–Crippen LogP) is 2.62. The van der Waals surface area contributed by atoms with Gasteiger partial charge in [-0.2, -0.15) is 0 Å². The molecule has 28 heavy (non-hydrogen) atoms. The van der Waals surface area contributed by atoms with E-state index in [1.165, 1.54) is 16.4 Å². The van der Waals surface area contributed by atoms with Gasteiger partial charge in [0.1, 0.15) is 18.1 Å². The molecule has 0 unspecified atom stereocenters. The fraction of sp³-hybridized carbons (Fsp3) is 0.211. The molecule has 3 aromatic rings. The molecule has 0 saturated carbocycles. The molecule has 0 radical (unpaired) electrons. The van der Waals surface area contributed by atoms with Crippen molar-refractivity contribution in [3.8, 4) is 11.5 Å². The molecule has 146 valence electrons. The van der Waals surface area contributed by atoms with Crippen molar-refractivity contribution in [2.45, 2.75) is 18.7 Å². The Hall–Kier alpha value is -3.20. The first-order chi connectivity index (χ1) is 13.5. The first-order valence-electron chi connectivity index (χ1n) is 8.50. The van der Waals surface area contributed by atoms with Crippen molar-refractivity contribution in [1.29, 1.82) is 0 Å². The van der Waals surface area contributed by atoms with Crippen molar-refractivity contribution in [3.05, 3.63) is 59.9 Å². The number of thioether (sulfide) groups is 1. The van der Waals surface area contributed by atoms with Gasteiger partial charge in [0, 0.05) is 11.8 Å². The van der Waals surface area contributed by atoms with E-state index in [9.17, 15) is 4.79 Å². The number of hydrogen-bond acceptors (Lipinski definition) is 7. The van der Waals surface area contributed by atoms with E-state index in [1.807, 2.05) is 49.4 Å². The monoisotopic (exact) mass is 399 g/mol. The van der Waals surface area contributed by atoms with Crippen LogP contribution >= 0.6 is 11.8 Å². The quantitative estimate of drug-likeness (QED) is 0.443. The van der Waals surface area contributed by atoms with Gasteiger partial charge in [-0.25, -0.2) is 4.68 Å². The Balaban J connectivity index is 1.53. The van der Waals surface area contributed by atoms with Gasteiger partial charge in [0.15, 0.2) is 5.82 Å². The van der Waals surface area contributed by atoms with Gasteiger partial charge in [0.25, 0.3) is 0 Å². The van der Waals surface area contributed by atoms with Crippen LogP contribution in [-0.2, 0) is 11.4 Å². The van der Waals surface area contributed by atoms with Crippen LogP contribution in [0.25, 0.3) is 0 Å². The largest absolute Gasteiger partial charge is 0.497 e. The fourth-order valence-electron chi connectivity index (χ4n) is 2.39. The lowest BCUT2D eigenvalue weighted by atomic mass is 10.2. The van der Waals surface area contributed by atoms with Gasteiger partial charge in [-0.3, -0.25) is 4.79 Å². The van der Waals surface area contributed by atoms with Gasteiger partial charge in [0.05, 0.1) is 12.9 Å². The number of amides is 1. The molecule has 0 bridgehead atoms. The molecule has 9 heteroatoms. The standard InChI is InChI=1S/C19H21N5O3S/c1-13-5-3-6-14(9-13)21-18(25)12-28-19-23-22-17(24(19)20)11-27-16-8-4-7-15(10-16)26-2/h3-10H,11-12,20H2,1-2H3,(H,21,25). The number of carbonyl (C=O) groups excluding carboxylic acids is 1. The molecule has 2 aromatic carbocycles. The van der Waals surface area contributed by atoms with Crippen molar-refractivity contribution in [3.63, 3.8) is 0 Å². The Bertz CT molecular complexity index is 960. The Kier molecular flexibility index (Phi) is 6.38. The molecular weight excluding hydrogens is 378 g/mol. The lowest BCUT2D eigenvalue weighted by Gasteiger charge is -2.08. The van der Waals surface area contributed by atoms with E-state index in [-0.39, 0.29) is 18.3 Å². The summed E-state index contributed by atoms with van der Waals surface area (Å²) in [6.07, 6.45) is 0. The summed E-state index contributed by atoms with van der Waals surface area (Å²) in [6.45, 7) is 2.11. The highest BCUT2D eigenvalue weighted by Gasteiger charge is 2.13. The molecule has 3 rings (SSSR count). The van der Waals surface area contributed by atoms with Crippen molar-refractivity contribution >= 4 is 23.4 Å². The van der Waals surface area contributed by atoms with Crippen LogP contribution in [0.4, 0.5) is 5.69 Å². The molecule has 8 nitrogen and oxygen atoms in total. The Morgan fingerprint density at radius 2 is 1.96 bits per heavy atom. The van der Waals surface area contributed by atoms with Gasteiger partial charge in [-0.15, -0.1) is 10.2 Å². The number of nitrogen functional groups attached to an aromatic ring is 1. The topological polar surface area (TPSA) is 104 Å². The van der Waals surface area contributed by atoms with Gasteiger partial charge in [0.2, 0.25) is 11.1 Å². The van der Waals surface area contributed by atoms with Gasteiger partial charge in [-0.05, 0) is 36.8 Å². The van der Waals surface area contributed by atoms with Crippen LogP contribution < -0.4 is 20.6 Å². The van der Waals surface area contributed by atoms with E-state index in [0.717, 1.165) is 11.3 Å². The second-order valence-electron chi connectivity index (χ2n) is 5.94. The number of nitrogens with two attached hydrogens (primary N) is 1. The van der Waals surface area contributed by atoms with E-state index >= 15 is 0 Å². The molecule has 0 saturated heterocycles. The maximum atomic E-state index is 12.1. The average molecular weight is 399 g/mol. The molecule has 3 N–H and O–H groups in total. The zero-order valence-electron chi connectivity index (χ0n) is 15.6. The highest BCUT2D eigenvalue weighted by atomic mass is 32.2. The number of methoxy groups -OCH3 is 1. The summed E-state index contributed by atoms with van der Waals surface area (Å²) >= 11 is 1.20. The summed E-state index contributed by atoms with van der Waals surface area (Å²) < 4.78 is 12.2. The van der Waals surface area contributed by atoms with E-state index in [0.29, 0.717) is 22.5 Å². The number of nitrogens with one attached hydrogen (secondary N) is 1. The number of carbonyl (C=O) groups is 1. The molecule has 0 aliphatic heterocycles. The number of nitrogens with zero attached hydrogens (tertiary/aromatic N) is 3. The molecular formula is C19H21N5O3S. The third-order valence-corrected chi connectivity index (χ3v) is 4.72. The van der Waals surface area contributed by atoms with Crippen molar-refractivity contribution in [1.82, 2.24) is 14.9 Å². The zero-order chi connectivity index (χ0) is 19.9. The SMILES string of the molecule is COc1cccc(OCc2nnc(SCC(=O)Nc3cccc(C)c3)n2N)c1. The number of aromatic nitrogens is 3. The van der Waals surface area contributed by atoms with Crippen LogP contribution in [0.3, 0.4) is 0 Å². The Labute approximate surface area is 167 Å². The number of hydrogen-bond donors (Lipinski definition) is 2. The zero-order valence-corrected chi connectivity index (χ0v) is 16.4. The lowest BCUT2D eigenvalue weighted by Crippen LogP contribution is -2.18. The first kappa shape index (κ1) is 19.6. The predicted molar refractivity (Wildman–Crippen MR) is 108 cm³/mol. The number of anilines is 1. The van der Waals surface area contributed by atoms with Crippen LogP contribution in [0.15, 0.2) is 53.7 Å². The highest BCUT2D eigenvalue weighted by molar-refractivity contribution is 7.99. The Morgan fingerprint density at radius 1 is 1.18 bits per heavy atom. The van der Waals surface area contributed by atoms with Gasteiger partial charge < -0.3 is 20.6 Å². The lowest BCUT2D eigenvalue weighted by molar-refractivity contribution is -0.113. The van der Waals surface area contributed by atoms with Crippen molar-refractivity contribution in [2.24, 2.45) is 0 Å². The van der Waals surface area contributed by atoms with E-state index < -0.39 is 0 Å². The number of ether oxygens (including phenoxy) is 2. The van der Waals surface area contributed by atoms with Gasteiger partial charge in [-0.1, -0.05) is 30.0 Å². The van der Waals surface area contributed by atoms with Crippen LogP contribution in [-0.4, -0.2) is 33.6 Å². The van der Waals surface area contributed by atoms with E-state index in [2.05, 4.69) is 15.5 Å². The van der Waals surface area contributed by atoms with Gasteiger partial charge >= 0.3 is 0 Å². The minimum atomic E-state index is -0.146. The molecule has 1 amide bonds. The summed E-state index contributed by atoms with van der Waals surface area (Å²) in [6, 6.07) is 14.8. The minimum absolute atomic E-state index is 0.146. The Morgan fingerprint density at radius 3 is 2.75 bits per heavy atom. The van der Waals surface area contributed by atoms with Crippen molar-refractivity contribution < 1.29 is 14.3 Å². The minimum Gasteiger partial charge on any atom is -0.497 e. The molecule has 0 spiro atoms. The maximum Gasteiger partial charge on any atom is 0.234 e. The first-order valence-corrected chi connectivity index (χ1v) is 9.49. The fourth-order valence-corrected chi connectivity index (χ4v) is 3.07. The summed E-state index contributed by atoms with van der Waals surface area (Å²) in [7, 11) is 1.59. The number of rotatable bonds is 8. The van der Waals surface area contributed by atoms with E-state index in [4.69, 9.17) is 15.3 Å². The molecule has 1 heterocycles. The molecule has 0 aliphatic rings. The van der Waals surface area contributed by atoms with E-state index in [1.54, 1.807) is 13.2 Å². The molecule has 1 aromatic heterocycles. The number of benzene rings is 2. The maximum absolute atomic E-state index is 12.1. The second kappa shape index (κ2) is 9.14. The third-order valence-electron chi connectivity index (χ3n) is 3.78. The summed E-state index contributed by atoms with van der Waals surface area (Å²) in [4.78, 5) is 12.1.